The van der Waals surface area contributed by atoms with Crippen LogP contribution in [0.15, 0.2) is 23.1 Å². The normalized spacial score (nSPS) is 28.2. The molecular weight excluding hydrogens is 542 g/mol. The second-order valence-electron chi connectivity index (χ2n) is 10.8. The second kappa shape index (κ2) is 10.1. The van der Waals surface area contributed by atoms with Gasteiger partial charge < -0.3 is 25.8 Å². The monoisotopic (exact) mass is 584 g/mol. The highest BCUT2D eigenvalue weighted by atomic mass is 16.5. The fraction of sp³-hybridized carbons (Fsp3) is 0.500. The fourth-order valence-corrected chi connectivity index (χ4v) is 6.09. The lowest BCUT2D eigenvalue weighted by atomic mass is 10.2. The van der Waals surface area contributed by atoms with Crippen molar-refractivity contribution in [1.29, 1.82) is 0 Å². The van der Waals surface area contributed by atoms with Crippen LogP contribution in [-0.2, 0) is 33.4 Å². The third-order valence-corrected chi connectivity index (χ3v) is 8.28. The summed E-state index contributed by atoms with van der Waals surface area (Å²) in [6, 6.07) is 1.10. The van der Waals surface area contributed by atoms with Crippen LogP contribution in [0.4, 0.5) is 16.4 Å². The van der Waals surface area contributed by atoms with Crippen LogP contribution in [0.1, 0.15) is 59.6 Å². The zero-order chi connectivity index (χ0) is 35.8. The van der Waals surface area contributed by atoms with Crippen LogP contribution in [0.5, 0.6) is 0 Å². The molecule has 4 aromatic heterocycles. The van der Waals surface area contributed by atoms with Gasteiger partial charge in [-0.05, 0) is 50.2 Å². The summed E-state index contributed by atoms with van der Waals surface area (Å²) in [6.07, 6.45) is 1.36. The summed E-state index contributed by atoms with van der Waals surface area (Å²) >= 11 is 0. The molecule has 6 rings (SSSR count). The third kappa shape index (κ3) is 4.28. The van der Waals surface area contributed by atoms with Gasteiger partial charge in [0.25, 0.3) is 0 Å². The standard InChI is InChI=1S/C28H35N9O5/c1-14-8-21(33-24-23(14)34-22(13-41-4)37(24)28(25(29)38)11-15(28)2)32-20-10-18-19(12-30-20)35(3)27(40)36(18)17-7-6-16(9-17)31-26(39)42-5/h8,10,12,15-17H,6-7,9,11,13H2,1-5H3,(H2,29,38)(H,31,39)(H,30,32,33)/i3D3,4D3,16D. The van der Waals surface area contributed by atoms with Crippen molar-refractivity contribution < 1.29 is 28.7 Å². The van der Waals surface area contributed by atoms with Gasteiger partial charge in [-0.25, -0.2) is 24.5 Å². The van der Waals surface area contributed by atoms with Crippen molar-refractivity contribution in [2.75, 3.05) is 19.5 Å². The van der Waals surface area contributed by atoms with Crippen LogP contribution < -0.4 is 22.1 Å². The number of rotatable bonds is 8. The van der Waals surface area contributed by atoms with E-state index in [4.69, 9.17) is 25.0 Å². The zero-order valence-electron chi connectivity index (χ0n) is 30.2. The average molecular weight is 585 g/mol. The maximum Gasteiger partial charge on any atom is 0.407 e. The lowest BCUT2D eigenvalue weighted by Crippen LogP contribution is -2.37. The van der Waals surface area contributed by atoms with Crippen LogP contribution in [0.2, 0.25) is 0 Å². The number of carbonyl (C=O) groups excluding carboxylic acids is 2. The summed E-state index contributed by atoms with van der Waals surface area (Å²) in [7, 11) is -1.53. The highest BCUT2D eigenvalue weighted by Crippen LogP contribution is 2.52. The minimum atomic E-state index is -2.84. The van der Waals surface area contributed by atoms with Crippen LogP contribution in [-0.4, -0.2) is 60.8 Å². The van der Waals surface area contributed by atoms with Crippen molar-refractivity contribution in [3.05, 3.63) is 40.2 Å². The maximum absolute atomic E-state index is 13.6. The zero-order valence-corrected chi connectivity index (χ0v) is 23.2. The van der Waals surface area contributed by atoms with Crippen LogP contribution in [0.25, 0.3) is 22.2 Å². The highest BCUT2D eigenvalue weighted by Gasteiger charge is 2.59. The van der Waals surface area contributed by atoms with Crippen molar-refractivity contribution >= 4 is 45.8 Å². The number of hydrogen-bond acceptors (Lipinski definition) is 9. The Morgan fingerprint density at radius 1 is 1.26 bits per heavy atom. The number of imidazole rings is 2. The number of nitrogens with two attached hydrogens (primary N) is 1. The Kier molecular flexibility index (Phi) is 4.92. The minimum absolute atomic E-state index is 0.0163. The van der Waals surface area contributed by atoms with E-state index in [0.29, 0.717) is 28.5 Å². The smallest absolute Gasteiger partial charge is 0.407 e. The van der Waals surface area contributed by atoms with E-state index in [1.54, 1.807) is 17.6 Å². The fourth-order valence-electron chi connectivity index (χ4n) is 6.09. The van der Waals surface area contributed by atoms with Gasteiger partial charge in [0.05, 0.1) is 29.8 Å². The summed E-state index contributed by atoms with van der Waals surface area (Å²) in [5.41, 5.74) is 5.42. The third-order valence-electron chi connectivity index (χ3n) is 8.28. The molecule has 0 bridgehead atoms. The van der Waals surface area contributed by atoms with E-state index in [9.17, 15) is 14.4 Å². The summed E-state index contributed by atoms with van der Waals surface area (Å²) in [6.45, 7) is 0.333. The molecule has 4 atom stereocenters. The topological polar surface area (TPSA) is 173 Å². The number of aromatic nitrogens is 6. The maximum atomic E-state index is 13.6. The number of carbonyl (C=O) groups is 2. The van der Waals surface area contributed by atoms with Gasteiger partial charge in [0.1, 0.15) is 35.1 Å². The minimum Gasteiger partial charge on any atom is -0.453 e. The van der Waals surface area contributed by atoms with Gasteiger partial charge in [0.2, 0.25) is 5.91 Å². The number of primary amides is 1. The Bertz CT molecular complexity index is 2060. The number of nitrogens with zero attached hydrogens (tertiary/aromatic N) is 6. The highest BCUT2D eigenvalue weighted by molar-refractivity contribution is 5.90. The molecule has 0 saturated heterocycles. The predicted molar refractivity (Wildman–Crippen MR) is 154 cm³/mol. The molecule has 4 aromatic rings. The average Bonchev–Trinajstić information content (AvgIpc) is 3.24. The first-order chi connectivity index (χ1) is 22.8. The summed E-state index contributed by atoms with van der Waals surface area (Å²) in [5.74, 6) is -0.190. The SMILES string of the molecule is [2H]C1(NC(=O)OC)CCC(n2c(=O)n(C([2H])([2H])[2H])c3cnc(Nc4cc(C)c5nc(COC([2H])([2H])[2H])n(C6(C(N)=O)CC6C)c5n4)cc32)C1. The van der Waals surface area contributed by atoms with E-state index in [1.807, 2.05) is 6.92 Å². The molecule has 0 aliphatic heterocycles. The Hall–Kier alpha value is -4.46. The molecule has 14 heteroatoms. The number of aryl methyl sites for hydroxylation is 2. The number of alkyl carbamates (subject to hydrolysis) is 1. The van der Waals surface area contributed by atoms with E-state index < -0.39 is 55.9 Å². The number of hydrogen-bond donors (Lipinski definition) is 3. The van der Waals surface area contributed by atoms with Crippen LogP contribution in [0, 0.1) is 12.8 Å². The molecule has 4 heterocycles. The first kappa shape index (κ1) is 20.4. The molecule has 4 unspecified atom stereocenters. The summed E-state index contributed by atoms with van der Waals surface area (Å²) in [5, 5.41) is 5.58. The largest absolute Gasteiger partial charge is 0.453 e. The Balaban J connectivity index is 1.43. The Morgan fingerprint density at radius 3 is 2.76 bits per heavy atom. The molecule has 2 saturated carbocycles. The molecule has 14 nitrogen and oxygen atoms in total. The first-order valence-corrected chi connectivity index (χ1v) is 13.4. The second-order valence-corrected chi connectivity index (χ2v) is 10.8. The molecule has 0 spiro atoms. The lowest BCUT2D eigenvalue weighted by molar-refractivity contribution is -0.122. The van der Waals surface area contributed by atoms with Crippen molar-refractivity contribution in [3.63, 3.8) is 0 Å². The van der Waals surface area contributed by atoms with Gasteiger partial charge in [-0.15, -0.1) is 0 Å². The van der Waals surface area contributed by atoms with Gasteiger partial charge in [-0.3, -0.25) is 18.5 Å². The van der Waals surface area contributed by atoms with Gasteiger partial charge >= 0.3 is 11.8 Å². The lowest BCUT2D eigenvalue weighted by Gasteiger charge is -2.19. The number of anilines is 2. The van der Waals surface area contributed by atoms with E-state index in [-0.39, 0.29) is 52.9 Å². The summed E-state index contributed by atoms with van der Waals surface area (Å²) in [4.78, 5) is 52.0. The van der Waals surface area contributed by atoms with Gasteiger partial charge in [-0.2, -0.15) is 0 Å². The van der Waals surface area contributed by atoms with Gasteiger partial charge in [0.15, 0.2) is 5.65 Å². The van der Waals surface area contributed by atoms with E-state index in [2.05, 4.69) is 25.3 Å². The molecule has 4 N–H and O–H groups in total. The summed E-state index contributed by atoms with van der Waals surface area (Å²) < 4.78 is 68.5. The van der Waals surface area contributed by atoms with Gasteiger partial charge in [0, 0.05) is 36.3 Å². The molecule has 2 aliphatic rings. The number of amides is 2. The van der Waals surface area contributed by atoms with E-state index in [0.717, 1.165) is 0 Å². The van der Waals surface area contributed by atoms with E-state index in [1.165, 1.54) is 23.9 Å². The van der Waals surface area contributed by atoms with Crippen molar-refractivity contribution in [1.82, 2.24) is 34.0 Å². The number of fused-ring (bicyclic) bond motifs is 2. The molecule has 2 fully saturated rings. The molecule has 2 amide bonds. The Morgan fingerprint density at radius 2 is 2.07 bits per heavy atom. The predicted octanol–water partition coefficient (Wildman–Crippen LogP) is 2.35. The van der Waals surface area contributed by atoms with Crippen LogP contribution in [0.3, 0.4) is 0 Å². The molecule has 0 aromatic carbocycles. The van der Waals surface area contributed by atoms with Gasteiger partial charge in [-0.1, -0.05) is 6.92 Å². The number of ether oxygens (including phenoxy) is 2. The molecule has 42 heavy (non-hydrogen) atoms. The molecule has 2 aliphatic carbocycles. The van der Waals surface area contributed by atoms with Crippen molar-refractivity contribution in [2.24, 2.45) is 18.6 Å². The number of pyridine rings is 2. The molecule has 222 valence electrons. The van der Waals surface area contributed by atoms with E-state index >= 15 is 0 Å². The quantitative estimate of drug-likeness (QED) is 0.281. The number of nitrogens with one attached hydrogen (secondary N) is 2. The first-order valence-electron chi connectivity index (χ1n) is 16.9. The molecular formula is C28H35N9O5. The van der Waals surface area contributed by atoms with Crippen molar-refractivity contribution in [3.8, 4) is 0 Å². The Labute approximate surface area is 251 Å². The van der Waals surface area contributed by atoms with Crippen molar-refractivity contribution in [2.45, 2.75) is 63.7 Å². The van der Waals surface area contributed by atoms with Crippen LogP contribution >= 0.6 is 0 Å². The number of methoxy groups -OCH3 is 2. The molecule has 0 radical (unpaired) electrons.